The quantitative estimate of drug-likeness (QED) is 0.817. The molecule has 2 aromatic rings. The number of alkyl halides is 3. The normalized spacial score (nSPS) is 11.6. The van der Waals surface area contributed by atoms with Gasteiger partial charge in [0.1, 0.15) is 16.6 Å². The molecule has 0 aliphatic carbocycles. The first-order valence-electron chi connectivity index (χ1n) is 6.58. The minimum absolute atomic E-state index is 0.0401. The third kappa shape index (κ3) is 5.26. The van der Waals surface area contributed by atoms with Crippen molar-refractivity contribution in [2.75, 3.05) is 13.2 Å². The number of hydrogen-bond acceptors (Lipinski definition) is 4. The second-order valence-corrected chi connectivity index (χ2v) is 7.37. The van der Waals surface area contributed by atoms with Gasteiger partial charge in [-0.25, -0.2) is 8.42 Å². The molecule has 0 radical (unpaired) electrons. The van der Waals surface area contributed by atoms with Gasteiger partial charge in [0, 0.05) is 0 Å². The Balaban J connectivity index is 1.83. The van der Waals surface area contributed by atoms with Gasteiger partial charge in [0.2, 0.25) is 0 Å². The average molecular weight is 375 g/mol. The number of thiophene rings is 1. The van der Waals surface area contributed by atoms with Crippen LogP contribution in [0.25, 0.3) is 0 Å². The molecule has 0 saturated carbocycles. The highest BCUT2D eigenvalue weighted by molar-refractivity contribution is 7.91. The van der Waals surface area contributed by atoms with Crippen LogP contribution in [0.3, 0.4) is 0 Å². The molecular weight excluding hydrogens is 363 g/mol. The van der Waals surface area contributed by atoms with Crippen LogP contribution in [0.5, 0.6) is 5.75 Å². The van der Waals surface area contributed by atoms with Gasteiger partial charge in [-0.3, -0.25) is 0 Å². The van der Waals surface area contributed by atoms with Gasteiger partial charge >= 0.3 is 6.18 Å². The molecule has 0 amide bonds. The van der Waals surface area contributed by atoms with E-state index < -0.39 is 21.8 Å². The van der Waals surface area contributed by atoms with E-state index in [4.69, 9.17) is 4.74 Å². The van der Waals surface area contributed by atoms with Crippen LogP contribution in [-0.2, 0) is 16.2 Å². The van der Waals surface area contributed by atoms with E-state index in [-0.39, 0.29) is 23.1 Å². The van der Waals surface area contributed by atoms with Crippen LogP contribution in [0.2, 0.25) is 0 Å². The highest BCUT2D eigenvalue weighted by atomic mass is 32.2. The number of rotatable bonds is 5. The number of nitrogens with one attached hydrogen (secondary N) is 1. The Bertz CT molecular complexity index is 835. The molecule has 0 aliphatic heterocycles. The number of sulfonamides is 1. The number of hydrogen-bond donors (Lipinski definition) is 1. The summed E-state index contributed by atoms with van der Waals surface area (Å²) in [6.07, 6.45) is -4.44. The van der Waals surface area contributed by atoms with E-state index in [1.807, 2.05) is 0 Å². The van der Waals surface area contributed by atoms with Crippen LogP contribution >= 0.6 is 11.3 Å². The smallest absolute Gasteiger partial charge is 0.416 e. The molecule has 2 rings (SSSR count). The topological polar surface area (TPSA) is 55.4 Å². The van der Waals surface area contributed by atoms with Crippen molar-refractivity contribution in [2.24, 2.45) is 0 Å². The summed E-state index contributed by atoms with van der Waals surface area (Å²) in [7, 11) is -3.58. The number of ether oxygens (including phenoxy) is 1. The Hall–Kier alpha value is -2.02. The Morgan fingerprint density at radius 3 is 2.62 bits per heavy atom. The number of halogens is 3. The van der Waals surface area contributed by atoms with Gasteiger partial charge in [0.15, 0.2) is 0 Å². The predicted molar refractivity (Wildman–Crippen MR) is 84.2 cm³/mol. The van der Waals surface area contributed by atoms with Crippen LogP contribution < -0.4 is 9.46 Å². The fraction of sp³-hybridized carbons (Fsp3) is 0.200. The highest BCUT2D eigenvalue weighted by Gasteiger charge is 2.30. The fourth-order valence-electron chi connectivity index (χ4n) is 1.61. The first kappa shape index (κ1) is 18.3. The molecule has 0 bridgehead atoms. The van der Waals surface area contributed by atoms with Gasteiger partial charge in [0.25, 0.3) is 10.0 Å². The van der Waals surface area contributed by atoms with E-state index in [1.165, 1.54) is 18.2 Å². The molecule has 128 valence electrons. The molecule has 1 N–H and O–H groups in total. The van der Waals surface area contributed by atoms with Crippen molar-refractivity contribution in [3.8, 4) is 17.6 Å². The van der Waals surface area contributed by atoms with E-state index in [1.54, 1.807) is 11.4 Å². The van der Waals surface area contributed by atoms with Crippen LogP contribution in [-0.4, -0.2) is 21.6 Å². The lowest BCUT2D eigenvalue weighted by Gasteiger charge is -2.08. The molecule has 4 nitrogen and oxygen atoms in total. The van der Waals surface area contributed by atoms with Crippen LogP contribution in [0.4, 0.5) is 13.2 Å². The fourth-order valence-corrected chi connectivity index (χ4v) is 3.57. The molecule has 1 aromatic heterocycles. The van der Waals surface area contributed by atoms with Crippen molar-refractivity contribution < 1.29 is 26.3 Å². The molecule has 9 heteroatoms. The van der Waals surface area contributed by atoms with Gasteiger partial charge in [0.05, 0.1) is 12.1 Å². The molecule has 24 heavy (non-hydrogen) atoms. The molecule has 0 aliphatic rings. The summed E-state index contributed by atoms with van der Waals surface area (Å²) in [6, 6.07) is 7.53. The average Bonchev–Trinajstić information content (AvgIpc) is 3.05. The summed E-state index contributed by atoms with van der Waals surface area (Å²) in [6.45, 7) is -0.270. The third-order valence-electron chi connectivity index (χ3n) is 2.71. The summed E-state index contributed by atoms with van der Waals surface area (Å²) < 4.78 is 68.7. The van der Waals surface area contributed by atoms with Crippen molar-refractivity contribution in [3.05, 3.63) is 47.3 Å². The maximum atomic E-state index is 12.5. The maximum Gasteiger partial charge on any atom is 0.416 e. The zero-order valence-corrected chi connectivity index (χ0v) is 13.8. The van der Waals surface area contributed by atoms with Gasteiger partial charge in [-0.15, -0.1) is 11.3 Å². The first-order chi connectivity index (χ1) is 11.3. The van der Waals surface area contributed by atoms with Gasteiger partial charge in [-0.05, 0) is 29.6 Å². The van der Waals surface area contributed by atoms with Crippen LogP contribution in [0, 0.1) is 11.8 Å². The molecule has 1 aromatic carbocycles. The van der Waals surface area contributed by atoms with E-state index in [2.05, 4.69) is 16.6 Å². The van der Waals surface area contributed by atoms with Crippen molar-refractivity contribution in [1.29, 1.82) is 0 Å². The van der Waals surface area contributed by atoms with Crippen molar-refractivity contribution in [1.82, 2.24) is 4.72 Å². The van der Waals surface area contributed by atoms with Crippen LogP contribution in [0.15, 0.2) is 46.0 Å². The predicted octanol–water partition coefficient (Wildman–Crippen LogP) is 3.13. The van der Waals surface area contributed by atoms with Crippen molar-refractivity contribution >= 4 is 21.4 Å². The Kier molecular flexibility index (Phi) is 5.88. The summed E-state index contributed by atoms with van der Waals surface area (Å²) in [4.78, 5) is 0. The second-order valence-electron chi connectivity index (χ2n) is 4.42. The van der Waals surface area contributed by atoms with Crippen molar-refractivity contribution in [3.63, 3.8) is 0 Å². The lowest BCUT2D eigenvalue weighted by molar-refractivity contribution is -0.137. The molecule has 1 heterocycles. The van der Waals surface area contributed by atoms with Gasteiger partial charge < -0.3 is 4.74 Å². The summed E-state index contributed by atoms with van der Waals surface area (Å²) in [5.74, 6) is 5.11. The third-order valence-corrected chi connectivity index (χ3v) is 5.51. The monoisotopic (exact) mass is 375 g/mol. The standard InChI is InChI=1S/C15H12F3NO3S2/c16-15(17,18)12-5-3-6-13(11-12)22-9-2-1-8-19-24(20,21)14-7-4-10-23-14/h3-7,10-11,19H,8-9H2. The Labute approximate surface area is 141 Å². The summed E-state index contributed by atoms with van der Waals surface area (Å²) in [5, 5.41) is 1.64. The number of benzene rings is 1. The van der Waals surface area contributed by atoms with E-state index in [9.17, 15) is 21.6 Å². The second kappa shape index (κ2) is 7.70. The molecule has 0 unspecified atom stereocenters. The Morgan fingerprint density at radius 1 is 1.17 bits per heavy atom. The maximum absolute atomic E-state index is 12.5. The largest absolute Gasteiger partial charge is 0.481 e. The molecule has 0 saturated heterocycles. The minimum atomic E-state index is -4.44. The molecule has 0 fully saturated rings. The SMILES string of the molecule is O=S(=O)(NCC#CCOc1cccc(C(F)(F)F)c1)c1cccs1. The summed E-state index contributed by atoms with van der Waals surface area (Å²) >= 11 is 1.08. The van der Waals surface area contributed by atoms with Gasteiger partial charge in [-0.2, -0.15) is 17.9 Å². The van der Waals surface area contributed by atoms with E-state index in [0.717, 1.165) is 23.5 Å². The van der Waals surface area contributed by atoms with Gasteiger partial charge in [-0.1, -0.05) is 24.0 Å². The Morgan fingerprint density at radius 2 is 1.96 bits per heavy atom. The molecular formula is C15H12F3NO3S2. The minimum Gasteiger partial charge on any atom is -0.481 e. The summed E-state index contributed by atoms with van der Waals surface area (Å²) in [5.41, 5.74) is -0.809. The lowest BCUT2D eigenvalue weighted by atomic mass is 10.2. The molecule has 0 spiro atoms. The lowest BCUT2D eigenvalue weighted by Crippen LogP contribution is -2.23. The van der Waals surface area contributed by atoms with Crippen LogP contribution in [0.1, 0.15) is 5.56 Å². The first-order valence-corrected chi connectivity index (χ1v) is 8.94. The zero-order valence-electron chi connectivity index (χ0n) is 12.1. The van der Waals surface area contributed by atoms with Crippen molar-refractivity contribution in [2.45, 2.75) is 10.4 Å². The highest BCUT2D eigenvalue weighted by Crippen LogP contribution is 2.31. The van der Waals surface area contributed by atoms with E-state index >= 15 is 0 Å². The zero-order chi connectivity index (χ0) is 17.6. The molecule has 0 atom stereocenters. The van der Waals surface area contributed by atoms with E-state index in [0.29, 0.717) is 0 Å².